The fourth-order valence-corrected chi connectivity index (χ4v) is 2.07. The molecular weight excluding hydrogens is 238 g/mol. The van der Waals surface area contributed by atoms with Crippen LogP contribution in [-0.2, 0) is 19.1 Å². The number of nitrogens with zero attached hydrogens (tertiary/aromatic N) is 1. The molecule has 0 aromatic heterocycles. The zero-order chi connectivity index (χ0) is 13.6. The van der Waals surface area contributed by atoms with Crippen molar-refractivity contribution in [1.29, 1.82) is 0 Å². The fraction of sp³-hybridized carbons (Fsp3) is 0.833. The molecule has 1 saturated carbocycles. The van der Waals surface area contributed by atoms with Gasteiger partial charge in [-0.05, 0) is 19.3 Å². The van der Waals surface area contributed by atoms with Crippen molar-refractivity contribution in [2.75, 3.05) is 33.9 Å². The molecule has 6 heteroatoms. The van der Waals surface area contributed by atoms with Gasteiger partial charge in [0.2, 0.25) is 5.91 Å². The molecule has 6 nitrogen and oxygen atoms in total. The molecule has 18 heavy (non-hydrogen) atoms. The highest BCUT2D eigenvalue weighted by atomic mass is 16.5. The lowest BCUT2D eigenvalue weighted by Gasteiger charge is -2.41. The number of ether oxygens (including phenoxy) is 2. The molecule has 1 amide bonds. The molecule has 0 heterocycles. The van der Waals surface area contributed by atoms with Crippen molar-refractivity contribution >= 4 is 11.9 Å². The Morgan fingerprint density at radius 3 is 2.39 bits per heavy atom. The lowest BCUT2D eigenvalue weighted by molar-refractivity contribution is -0.151. The van der Waals surface area contributed by atoms with E-state index >= 15 is 0 Å². The molecule has 1 aliphatic rings. The Bertz CT molecular complexity index is 295. The van der Waals surface area contributed by atoms with Gasteiger partial charge in [0.05, 0.1) is 18.6 Å². The number of hydrogen-bond donors (Lipinski definition) is 1. The van der Waals surface area contributed by atoms with Gasteiger partial charge in [0, 0.05) is 20.8 Å². The number of aliphatic carboxylic acids is 1. The fourth-order valence-electron chi connectivity index (χ4n) is 2.07. The third-order valence-electron chi connectivity index (χ3n) is 3.42. The smallest absolute Gasteiger partial charge is 0.323 e. The number of methoxy groups -OCH3 is 2. The highest BCUT2D eigenvalue weighted by Crippen LogP contribution is 2.38. The first-order chi connectivity index (χ1) is 8.53. The Balaban J connectivity index is 2.54. The second kappa shape index (κ2) is 6.70. The van der Waals surface area contributed by atoms with Gasteiger partial charge < -0.3 is 19.5 Å². The van der Waals surface area contributed by atoms with Crippen molar-refractivity contribution < 1.29 is 24.2 Å². The summed E-state index contributed by atoms with van der Waals surface area (Å²) < 4.78 is 10.3. The molecule has 104 valence electrons. The molecule has 0 aliphatic heterocycles. The maximum absolute atomic E-state index is 12.1. The summed E-state index contributed by atoms with van der Waals surface area (Å²) in [6.07, 6.45) is 3.03. The molecule has 0 unspecified atom stereocenters. The van der Waals surface area contributed by atoms with E-state index in [0.29, 0.717) is 13.2 Å². The highest BCUT2D eigenvalue weighted by Gasteiger charge is 2.40. The van der Waals surface area contributed by atoms with Crippen molar-refractivity contribution in [3.8, 4) is 0 Å². The molecule has 0 atom stereocenters. The van der Waals surface area contributed by atoms with Crippen molar-refractivity contribution in [3.63, 3.8) is 0 Å². The average Bonchev–Trinajstić information content (AvgIpc) is 2.28. The summed E-state index contributed by atoms with van der Waals surface area (Å²) in [7, 11) is 3.12. The number of hydrogen-bond acceptors (Lipinski definition) is 4. The predicted molar refractivity (Wildman–Crippen MR) is 64.3 cm³/mol. The summed E-state index contributed by atoms with van der Waals surface area (Å²) in [4.78, 5) is 24.1. The van der Waals surface area contributed by atoms with Crippen LogP contribution in [0.4, 0.5) is 0 Å². The largest absolute Gasteiger partial charge is 0.480 e. The van der Waals surface area contributed by atoms with E-state index < -0.39 is 5.97 Å². The van der Waals surface area contributed by atoms with Gasteiger partial charge in [0.15, 0.2) is 0 Å². The molecule has 1 aliphatic carbocycles. The van der Waals surface area contributed by atoms with Crippen molar-refractivity contribution in [2.45, 2.75) is 31.3 Å². The average molecular weight is 259 g/mol. The normalized spacial score (nSPS) is 17.0. The first kappa shape index (κ1) is 14.9. The lowest BCUT2D eigenvalue weighted by Crippen LogP contribution is -2.47. The summed E-state index contributed by atoms with van der Waals surface area (Å²) in [6.45, 7) is 0.336. The van der Waals surface area contributed by atoms with Gasteiger partial charge in [0.1, 0.15) is 6.54 Å². The Morgan fingerprint density at radius 1 is 1.33 bits per heavy atom. The molecule has 0 bridgehead atoms. The summed E-state index contributed by atoms with van der Waals surface area (Å²) in [5, 5.41) is 8.79. The first-order valence-corrected chi connectivity index (χ1v) is 6.06. The second-order valence-electron chi connectivity index (χ2n) is 4.62. The minimum Gasteiger partial charge on any atom is -0.480 e. The molecule has 0 spiro atoms. The van der Waals surface area contributed by atoms with E-state index in [1.165, 1.54) is 12.0 Å². The maximum atomic E-state index is 12.1. The summed E-state index contributed by atoms with van der Waals surface area (Å²) in [5.74, 6) is -1.20. The van der Waals surface area contributed by atoms with Crippen LogP contribution < -0.4 is 0 Å². The SMILES string of the molecule is COCCN(CC(=O)O)C(=O)CC1(OC)CCC1. The van der Waals surface area contributed by atoms with Gasteiger partial charge in [-0.3, -0.25) is 9.59 Å². The lowest BCUT2D eigenvalue weighted by atomic mass is 9.77. The van der Waals surface area contributed by atoms with Crippen LogP contribution in [0.3, 0.4) is 0 Å². The van der Waals surface area contributed by atoms with Crippen LogP contribution in [0.5, 0.6) is 0 Å². The van der Waals surface area contributed by atoms with Crippen LogP contribution in [0.1, 0.15) is 25.7 Å². The van der Waals surface area contributed by atoms with E-state index in [4.69, 9.17) is 14.6 Å². The summed E-state index contributed by atoms with van der Waals surface area (Å²) >= 11 is 0. The van der Waals surface area contributed by atoms with Crippen LogP contribution in [0, 0.1) is 0 Å². The molecule has 1 rings (SSSR count). The number of amides is 1. The Morgan fingerprint density at radius 2 is 2.00 bits per heavy atom. The number of rotatable bonds is 8. The molecule has 0 aromatic carbocycles. The van der Waals surface area contributed by atoms with E-state index in [2.05, 4.69) is 0 Å². The van der Waals surface area contributed by atoms with Crippen LogP contribution >= 0.6 is 0 Å². The number of carbonyl (C=O) groups excluding carboxylic acids is 1. The zero-order valence-corrected chi connectivity index (χ0v) is 11.0. The number of carboxylic acid groups (broad SMARTS) is 1. The van der Waals surface area contributed by atoms with Gasteiger partial charge in [-0.25, -0.2) is 0 Å². The first-order valence-electron chi connectivity index (χ1n) is 6.06. The summed E-state index contributed by atoms with van der Waals surface area (Å²) in [6, 6.07) is 0. The van der Waals surface area contributed by atoms with Crippen LogP contribution in [0.25, 0.3) is 0 Å². The van der Waals surface area contributed by atoms with Gasteiger partial charge in [-0.2, -0.15) is 0 Å². The summed E-state index contributed by atoms with van der Waals surface area (Å²) in [5.41, 5.74) is -0.374. The van der Waals surface area contributed by atoms with E-state index in [1.54, 1.807) is 7.11 Å². The topological polar surface area (TPSA) is 76.1 Å². The highest BCUT2D eigenvalue weighted by molar-refractivity contribution is 5.82. The van der Waals surface area contributed by atoms with Crippen molar-refractivity contribution in [1.82, 2.24) is 4.90 Å². The Hall–Kier alpha value is -1.14. The Labute approximate surface area is 107 Å². The van der Waals surface area contributed by atoms with E-state index in [1.807, 2.05) is 0 Å². The van der Waals surface area contributed by atoms with Crippen LogP contribution in [0.15, 0.2) is 0 Å². The molecule has 0 aromatic rings. The van der Waals surface area contributed by atoms with Crippen LogP contribution in [-0.4, -0.2) is 61.4 Å². The van der Waals surface area contributed by atoms with E-state index in [-0.39, 0.29) is 24.5 Å². The molecule has 0 radical (unpaired) electrons. The number of carboxylic acids is 1. The molecule has 1 fully saturated rings. The quantitative estimate of drug-likeness (QED) is 0.687. The predicted octanol–water partition coefficient (Wildman–Crippen LogP) is 0.505. The van der Waals surface area contributed by atoms with Gasteiger partial charge >= 0.3 is 5.97 Å². The number of carbonyl (C=O) groups is 2. The molecular formula is C12H21NO5. The molecule has 0 saturated heterocycles. The standard InChI is InChI=1S/C12H21NO5/c1-17-7-6-13(9-11(15)16)10(14)8-12(18-2)4-3-5-12/h3-9H2,1-2H3,(H,15,16). The monoisotopic (exact) mass is 259 g/mol. The minimum atomic E-state index is -1.01. The van der Waals surface area contributed by atoms with Gasteiger partial charge in [0.25, 0.3) is 0 Å². The van der Waals surface area contributed by atoms with Crippen LogP contribution in [0.2, 0.25) is 0 Å². The minimum absolute atomic E-state index is 0.184. The zero-order valence-electron chi connectivity index (χ0n) is 11.0. The third-order valence-corrected chi connectivity index (χ3v) is 3.42. The van der Waals surface area contributed by atoms with Gasteiger partial charge in [-0.15, -0.1) is 0 Å². The Kier molecular flexibility index (Phi) is 5.55. The van der Waals surface area contributed by atoms with Gasteiger partial charge in [-0.1, -0.05) is 0 Å². The van der Waals surface area contributed by atoms with E-state index in [9.17, 15) is 9.59 Å². The maximum Gasteiger partial charge on any atom is 0.323 e. The third kappa shape index (κ3) is 3.96. The van der Waals surface area contributed by atoms with Crippen molar-refractivity contribution in [3.05, 3.63) is 0 Å². The van der Waals surface area contributed by atoms with E-state index in [0.717, 1.165) is 19.3 Å². The molecule has 1 N–H and O–H groups in total. The second-order valence-corrected chi connectivity index (χ2v) is 4.62. The van der Waals surface area contributed by atoms with Crippen molar-refractivity contribution in [2.24, 2.45) is 0 Å².